The van der Waals surface area contributed by atoms with E-state index < -0.39 is 0 Å². The van der Waals surface area contributed by atoms with Gasteiger partial charge in [0.1, 0.15) is 0 Å². The lowest BCUT2D eigenvalue weighted by Crippen LogP contribution is -2.30. The van der Waals surface area contributed by atoms with Crippen molar-refractivity contribution in [2.45, 2.75) is 39.2 Å². The van der Waals surface area contributed by atoms with Gasteiger partial charge >= 0.3 is 0 Å². The summed E-state index contributed by atoms with van der Waals surface area (Å²) < 4.78 is 10.8. The summed E-state index contributed by atoms with van der Waals surface area (Å²) in [5.74, 6) is 1.69. The molecule has 1 rings (SSSR count). The molecule has 0 amide bonds. The smallest absolute Gasteiger partial charge is 0.0594 e. The molecule has 0 aliphatic heterocycles. The normalized spacial score (nSPS) is 30.6. The molecule has 0 aromatic rings. The van der Waals surface area contributed by atoms with Crippen molar-refractivity contribution < 1.29 is 9.47 Å². The molecule has 3 unspecified atom stereocenters. The van der Waals surface area contributed by atoms with E-state index in [2.05, 4.69) is 19.2 Å². The SMILES string of the molecule is COCCNCCOC1CCC(C)C(C)C1. The fourth-order valence-electron chi connectivity index (χ4n) is 2.25. The fourth-order valence-corrected chi connectivity index (χ4v) is 2.25. The van der Waals surface area contributed by atoms with Gasteiger partial charge in [0.25, 0.3) is 0 Å². The number of methoxy groups -OCH3 is 1. The summed E-state index contributed by atoms with van der Waals surface area (Å²) in [6.45, 7) is 8.15. The minimum Gasteiger partial charge on any atom is -0.383 e. The molecule has 3 atom stereocenters. The quantitative estimate of drug-likeness (QED) is 0.678. The molecule has 3 heteroatoms. The van der Waals surface area contributed by atoms with Crippen molar-refractivity contribution in [2.75, 3.05) is 33.4 Å². The Bertz CT molecular complexity index is 175. The Hall–Kier alpha value is -0.120. The molecule has 0 heterocycles. The second-order valence-electron chi connectivity index (χ2n) is 5.00. The molecule has 0 bridgehead atoms. The van der Waals surface area contributed by atoms with E-state index in [1.54, 1.807) is 7.11 Å². The first-order valence-electron chi connectivity index (χ1n) is 6.55. The molecule has 96 valence electrons. The molecule has 0 aromatic heterocycles. The largest absolute Gasteiger partial charge is 0.383 e. The van der Waals surface area contributed by atoms with E-state index in [9.17, 15) is 0 Å². The summed E-state index contributed by atoms with van der Waals surface area (Å²) in [6, 6.07) is 0. The predicted molar refractivity (Wildman–Crippen MR) is 66.7 cm³/mol. The standard InChI is InChI=1S/C13H27NO2/c1-11-4-5-13(10-12(11)2)16-9-7-14-6-8-15-3/h11-14H,4-10H2,1-3H3. The Morgan fingerprint density at radius 1 is 1.06 bits per heavy atom. The van der Waals surface area contributed by atoms with Gasteiger partial charge in [0.05, 0.1) is 19.3 Å². The summed E-state index contributed by atoms with van der Waals surface area (Å²) in [7, 11) is 1.72. The van der Waals surface area contributed by atoms with Crippen molar-refractivity contribution in [1.29, 1.82) is 0 Å². The lowest BCUT2D eigenvalue weighted by atomic mass is 9.80. The summed E-state index contributed by atoms with van der Waals surface area (Å²) in [5, 5.41) is 3.30. The van der Waals surface area contributed by atoms with E-state index in [1.165, 1.54) is 19.3 Å². The minimum atomic E-state index is 0.496. The third-order valence-electron chi connectivity index (χ3n) is 3.67. The van der Waals surface area contributed by atoms with Gasteiger partial charge < -0.3 is 14.8 Å². The van der Waals surface area contributed by atoms with Crippen LogP contribution >= 0.6 is 0 Å². The monoisotopic (exact) mass is 229 g/mol. The molecular weight excluding hydrogens is 202 g/mol. The van der Waals surface area contributed by atoms with Gasteiger partial charge in [-0.2, -0.15) is 0 Å². The Morgan fingerprint density at radius 2 is 1.81 bits per heavy atom. The maximum absolute atomic E-state index is 5.88. The second kappa shape index (κ2) is 8.04. The van der Waals surface area contributed by atoms with E-state index in [0.717, 1.165) is 38.1 Å². The van der Waals surface area contributed by atoms with E-state index in [1.807, 2.05) is 0 Å². The lowest BCUT2D eigenvalue weighted by Gasteiger charge is -2.32. The van der Waals surface area contributed by atoms with Gasteiger partial charge in [-0.3, -0.25) is 0 Å². The minimum absolute atomic E-state index is 0.496. The zero-order valence-corrected chi connectivity index (χ0v) is 11.0. The number of nitrogens with one attached hydrogen (secondary N) is 1. The van der Waals surface area contributed by atoms with Gasteiger partial charge in [-0.25, -0.2) is 0 Å². The van der Waals surface area contributed by atoms with Gasteiger partial charge in [0.15, 0.2) is 0 Å². The first kappa shape index (κ1) is 13.9. The van der Waals surface area contributed by atoms with Gasteiger partial charge in [-0.1, -0.05) is 13.8 Å². The maximum atomic E-state index is 5.88. The van der Waals surface area contributed by atoms with Gasteiger partial charge in [0, 0.05) is 20.2 Å². The lowest BCUT2D eigenvalue weighted by molar-refractivity contribution is 0.00403. The highest BCUT2D eigenvalue weighted by Gasteiger charge is 2.24. The molecule has 1 N–H and O–H groups in total. The average Bonchev–Trinajstić information content (AvgIpc) is 2.28. The molecule has 1 saturated carbocycles. The van der Waals surface area contributed by atoms with Gasteiger partial charge in [-0.05, 0) is 31.1 Å². The first-order chi connectivity index (χ1) is 7.74. The number of hydrogen-bond donors (Lipinski definition) is 1. The van der Waals surface area contributed by atoms with Crippen LogP contribution in [0.2, 0.25) is 0 Å². The Morgan fingerprint density at radius 3 is 2.50 bits per heavy atom. The van der Waals surface area contributed by atoms with Gasteiger partial charge in [0.2, 0.25) is 0 Å². The summed E-state index contributed by atoms with van der Waals surface area (Å²) >= 11 is 0. The van der Waals surface area contributed by atoms with Crippen LogP contribution in [0.15, 0.2) is 0 Å². The fraction of sp³-hybridized carbons (Fsp3) is 1.00. The number of ether oxygens (including phenoxy) is 2. The van der Waals surface area contributed by atoms with Crippen LogP contribution in [0.4, 0.5) is 0 Å². The molecule has 16 heavy (non-hydrogen) atoms. The Labute approximate surface area is 99.9 Å². The third kappa shape index (κ3) is 5.28. The maximum Gasteiger partial charge on any atom is 0.0594 e. The predicted octanol–water partition coefficient (Wildman–Crippen LogP) is 2.06. The zero-order valence-electron chi connectivity index (χ0n) is 11.0. The van der Waals surface area contributed by atoms with Crippen molar-refractivity contribution in [3.63, 3.8) is 0 Å². The highest BCUT2D eigenvalue weighted by molar-refractivity contribution is 4.75. The van der Waals surface area contributed by atoms with Crippen LogP contribution in [0, 0.1) is 11.8 Å². The highest BCUT2D eigenvalue weighted by atomic mass is 16.5. The molecule has 1 aliphatic rings. The van der Waals surface area contributed by atoms with E-state index >= 15 is 0 Å². The topological polar surface area (TPSA) is 30.5 Å². The Kier molecular flexibility index (Phi) is 7.01. The van der Waals surface area contributed by atoms with Crippen molar-refractivity contribution in [3.8, 4) is 0 Å². The number of rotatable bonds is 7. The van der Waals surface area contributed by atoms with Crippen molar-refractivity contribution in [2.24, 2.45) is 11.8 Å². The van der Waals surface area contributed by atoms with Crippen LogP contribution in [-0.2, 0) is 9.47 Å². The summed E-state index contributed by atoms with van der Waals surface area (Å²) in [6.07, 6.45) is 4.29. The molecular formula is C13H27NO2. The van der Waals surface area contributed by atoms with Crippen LogP contribution < -0.4 is 5.32 Å². The number of hydrogen-bond acceptors (Lipinski definition) is 3. The molecule has 0 aromatic carbocycles. The van der Waals surface area contributed by atoms with Crippen molar-refractivity contribution >= 4 is 0 Å². The summed E-state index contributed by atoms with van der Waals surface area (Å²) in [4.78, 5) is 0. The van der Waals surface area contributed by atoms with Crippen molar-refractivity contribution in [3.05, 3.63) is 0 Å². The van der Waals surface area contributed by atoms with Crippen LogP contribution in [0.5, 0.6) is 0 Å². The third-order valence-corrected chi connectivity index (χ3v) is 3.67. The molecule has 0 saturated heterocycles. The van der Waals surface area contributed by atoms with Crippen LogP contribution in [0.1, 0.15) is 33.1 Å². The molecule has 0 radical (unpaired) electrons. The van der Waals surface area contributed by atoms with E-state index in [4.69, 9.17) is 9.47 Å². The molecule has 1 fully saturated rings. The molecule has 1 aliphatic carbocycles. The van der Waals surface area contributed by atoms with Gasteiger partial charge in [-0.15, -0.1) is 0 Å². The van der Waals surface area contributed by atoms with Crippen LogP contribution in [-0.4, -0.2) is 39.5 Å². The Balaban J connectivity index is 1.97. The van der Waals surface area contributed by atoms with Crippen LogP contribution in [0.3, 0.4) is 0 Å². The second-order valence-corrected chi connectivity index (χ2v) is 5.00. The summed E-state index contributed by atoms with van der Waals surface area (Å²) in [5.41, 5.74) is 0. The average molecular weight is 229 g/mol. The van der Waals surface area contributed by atoms with Crippen LogP contribution in [0.25, 0.3) is 0 Å². The first-order valence-corrected chi connectivity index (χ1v) is 6.55. The van der Waals surface area contributed by atoms with E-state index in [0.29, 0.717) is 6.10 Å². The van der Waals surface area contributed by atoms with E-state index in [-0.39, 0.29) is 0 Å². The molecule has 0 spiro atoms. The molecule has 3 nitrogen and oxygen atoms in total. The highest BCUT2D eigenvalue weighted by Crippen LogP contribution is 2.30. The zero-order chi connectivity index (χ0) is 11.8. The van der Waals surface area contributed by atoms with Crippen molar-refractivity contribution in [1.82, 2.24) is 5.32 Å².